The van der Waals surface area contributed by atoms with Crippen LogP contribution in [0.4, 0.5) is 0 Å². The van der Waals surface area contributed by atoms with E-state index in [4.69, 9.17) is 5.73 Å². The number of nitrogens with two attached hydrogens (primary N) is 1. The van der Waals surface area contributed by atoms with Crippen LogP contribution in [0.3, 0.4) is 0 Å². The highest BCUT2D eigenvalue weighted by Crippen LogP contribution is 2.41. The zero-order valence-electron chi connectivity index (χ0n) is 3.90. The monoisotopic (exact) mass is 103 g/mol. The predicted molar refractivity (Wildman–Crippen MR) is 29.7 cm³/mol. The van der Waals surface area contributed by atoms with Crippen LogP contribution < -0.4 is 5.73 Å². The molecule has 0 aromatic carbocycles. The van der Waals surface area contributed by atoms with Crippen LogP contribution in [0.2, 0.25) is 0 Å². The molecule has 2 N–H and O–H groups in total. The van der Waals surface area contributed by atoms with E-state index in [2.05, 4.69) is 6.26 Å². The maximum atomic E-state index is 5.61. The quantitative estimate of drug-likeness (QED) is 0.497. The van der Waals surface area contributed by atoms with E-state index in [1.807, 2.05) is 0 Å². The summed E-state index contributed by atoms with van der Waals surface area (Å²) >= 11 is 1.77. The lowest BCUT2D eigenvalue weighted by molar-refractivity contribution is 0.987. The van der Waals surface area contributed by atoms with E-state index >= 15 is 0 Å². The summed E-state index contributed by atoms with van der Waals surface area (Å²) in [6.45, 7) is 0. The molecule has 0 bridgehead atoms. The molecule has 0 amide bonds. The van der Waals surface area contributed by atoms with Crippen LogP contribution in [0.1, 0.15) is 12.8 Å². The van der Waals surface area contributed by atoms with Crippen LogP contribution in [-0.2, 0) is 0 Å². The first kappa shape index (κ1) is 4.47. The summed E-state index contributed by atoms with van der Waals surface area (Å²) in [6, 6.07) is 0. The molecule has 0 spiro atoms. The maximum absolute atomic E-state index is 5.61. The molecule has 0 aromatic heterocycles. The normalized spacial score (nSPS) is 27.0. The van der Waals surface area contributed by atoms with Gasteiger partial charge in [-0.1, -0.05) is 0 Å². The number of thioether (sulfide) groups is 1. The van der Waals surface area contributed by atoms with Gasteiger partial charge in [-0.15, -0.1) is 11.8 Å². The van der Waals surface area contributed by atoms with Crippen molar-refractivity contribution in [3.63, 3.8) is 0 Å². The Morgan fingerprint density at radius 3 is 2.17 bits per heavy atom. The molecule has 0 radical (unpaired) electrons. The van der Waals surface area contributed by atoms with Crippen molar-refractivity contribution in [3.8, 4) is 0 Å². The molecule has 1 fully saturated rings. The first-order chi connectivity index (χ1) is 2.77. The summed E-state index contributed by atoms with van der Waals surface area (Å²) in [6.07, 6.45) is 4.50. The molecule has 0 heterocycles. The largest absolute Gasteiger partial charge is 0.317 e. The number of hydrogen-bond acceptors (Lipinski definition) is 2. The second-order valence-corrected chi connectivity index (χ2v) is 2.99. The lowest BCUT2D eigenvalue weighted by Gasteiger charge is -1.97. The van der Waals surface area contributed by atoms with Crippen molar-refractivity contribution in [2.45, 2.75) is 17.7 Å². The van der Waals surface area contributed by atoms with Gasteiger partial charge in [0.15, 0.2) is 0 Å². The minimum Gasteiger partial charge on any atom is -0.317 e. The van der Waals surface area contributed by atoms with Crippen molar-refractivity contribution >= 4 is 11.8 Å². The molecule has 0 atom stereocenters. The molecular weight excluding hydrogens is 94.1 g/mol. The fourth-order valence-corrected chi connectivity index (χ4v) is 0.838. The maximum Gasteiger partial charge on any atom is 0.0619 e. The van der Waals surface area contributed by atoms with Crippen molar-refractivity contribution in [3.05, 3.63) is 0 Å². The van der Waals surface area contributed by atoms with Gasteiger partial charge in [0, 0.05) is 0 Å². The zero-order valence-corrected chi connectivity index (χ0v) is 4.72. The second-order valence-electron chi connectivity index (χ2n) is 1.77. The molecule has 0 aliphatic heterocycles. The van der Waals surface area contributed by atoms with Crippen LogP contribution >= 0.6 is 11.8 Å². The Hall–Kier alpha value is 0.310. The average Bonchev–Trinajstić information content (AvgIpc) is 2.22. The van der Waals surface area contributed by atoms with Crippen LogP contribution in [-0.4, -0.2) is 11.1 Å². The van der Waals surface area contributed by atoms with E-state index in [1.54, 1.807) is 11.8 Å². The van der Waals surface area contributed by atoms with E-state index in [1.165, 1.54) is 12.8 Å². The lowest BCUT2D eigenvalue weighted by Crippen LogP contribution is -2.14. The summed E-state index contributed by atoms with van der Waals surface area (Å²) in [4.78, 5) is 0.208. The topological polar surface area (TPSA) is 26.0 Å². The Balaban J connectivity index is 2.28. The Kier molecular flexibility index (Phi) is 0.848. The highest BCUT2D eigenvalue weighted by atomic mass is 32.2. The van der Waals surface area contributed by atoms with Crippen molar-refractivity contribution in [2.75, 3.05) is 6.26 Å². The summed E-state index contributed by atoms with van der Waals surface area (Å²) in [5.41, 5.74) is 5.61. The minimum absolute atomic E-state index is 0.208. The first-order valence-corrected chi connectivity index (χ1v) is 3.33. The predicted octanol–water partition coefficient (Wildman–Crippen LogP) is 0.798. The molecular formula is C4H9NS. The Morgan fingerprint density at radius 1 is 1.67 bits per heavy atom. The van der Waals surface area contributed by atoms with Gasteiger partial charge in [0.25, 0.3) is 0 Å². The molecule has 1 aliphatic rings. The summed E-state index contributed by atoms with van der Waals surface area (Å²) in [7, 11) is 0. The van der Waals surface area contributed by atoms with Crippen molar-refractivity contribution in [1.29, 1.82) is 0 Å². The van der Waals surface area contributed by atoms with Crippen LogP contribution in [0.15, 0.2) is 0 Å². The van der Waals surface area contributed by atoms with Crippen molar-refractivity contribution in [2.24, 2.45) is 5.73 Å². The molecule has 1 rings (SSSR count). The molecule has 1 saturated carbocycles. The van der Waals surface area contributed by atoms with Gasteiger partial charge in [-0.2, -0.15) is 0 Å². The molecule has 1 nitrogen and oxygen atoms in total. The van der Waals surface area contributed by atoms with Crippen molar-refractivity contribution in [1.82, 2.24) is 0 Å². The van der Waals surface area contributed by atoms with E-state index in [9.17, 15) is 0 Å². The second kappa shape index (κ2) is 1.14. The fourth-order valence-electron chi connectivity index (χ4n) is 0.327. The molecule has 0 aromatic rings. The Labute approximate surface area is 42.3 Å². The van der Waals surface area contributed by atoms with Gasteiger partial charge in [0.2, 0.25) is 0 Å². The van der Waals surface area contributed by atoms with E-state index in [0.717, 1.165) is 0 Å². The van der Waals surface area contributed by atoms with Crippen LogP contribution in [0.5, 0.6) is 0 Å². The van der Waals surface area contributed by atoms with E-state index < -0.39 is 0 Å². The van der Waals surface area contributed by atoms with Gasteiger partial charge in [0.05, 0.1) is 4.87 Å². The molecule has 1 aliphatic carbocycles. The molecule has 36 valence electrons. The van der Waals surface area contributed by atoms with Crippen LogP contribution in [0, 0.1) is 0 Å². The SMILES string of the molecule is CSC1(N)CC1. The molecule has 6 heavy (non-hydrogen) atoms. The van der Waals surface area contributed by atoms with Gasteiger partial charge < -0.3 is 5.73 Å². The third kappa shape index (κ3) is 0.684. The van der Waals surface area contributed by atoms with Gasteiger partial charge in [-0.25, -0.2) is 0 Å². The summed E-state index contributed by atoms with van der Waals surface area (Å²) in [5, 5.41) is 0. The third-order valence-electron chi connectivity index (χ3n) is 1.15. The average molecular weight is 103 g/mol. The molecule has 2 heteroatoms. The Bertz CT molecular complexity index is 58.6. The smallest absolute Gasteiger partial charge is 0.0619 e. The number of rotatable bonds is 1. The van der Waals surface area contributed by atoms with Gasteiger partial charge in [-0.05, 0) is 19.1 Å². The highest BCUT2D eigenvalue weighted by Gasteiger charge is 2.36. The first-order valence-electron chi connectivity index (χ1n) is 2.11. The van der Waals surface area contributed by atoms with E-state index in [-0.39, 0.29) is 4.87 Å². The van der Waals surface area contributed by atoms with Gasteiger partial charge >= 0.3 is 0 Å². The van der Waals surface area contributed by atoms with Crippen molar-refractivity contribution < 1.29 is 0 Å². The Morgan fingerprint density at radius 2 is 2.17 bits per heavy atom. The molecule has 0 saturated heterocycles. The van der Waals surface area contributed by atoms with Gasteiger partial charge in [0.1, 0.15) is 0 Å². The lowest BCUT2D eigenvalue weighted by atomic mass is 10.8. The minimum atomic E-state index is 0.208. The van der Waals surface area contributed by atoms with E-state index in [0.29, 0.717) is 0 Å². The highest BCUT2D eigenvalue weighted by molar-refractivity contribution is 8.00. The number of hydrogen-bond donors (Lipinski definition) is 1. The van der Waals surface area contributed by atoms with Crippen LogP contribution in [0.25, 0.3) is 0 Å². The summed E-state index contributed by atoms with van der Waals surface area (Å²) < 4.78 is 0. The van der Waals surface area contributed by atoms with Gasteiger partial charge in [-0.3, -0.25) is 0 Å². The fraction of sp³-hybridized carbons (Fsp3) is 1.00. The standard InChI is InChI=1S/C4H9NS/c1-6-4(5)2-3-4/h2-3,5H2,1H3. The third-order valence-corrected chi connectivity index (χ3v) is 2.37. The molecule has 0 unspecified atom stereocenters. The summed E-state index contributed by atoms with van der Waals surface area (Å²) in [5.74, 6) is 0. The zero-order chi connectivity index (χ0) is 4.62.